The van der Waals surface area contributed by atoms with Gasteiger partial charge in [0.05, 0.1) is 72.4 Å². The Hall–Kier alpha value is -11.7. The van der Waals surface area contributed by atoms with Crippen LogP contribution in [0.25, 0.3) is 33.5 Å². The van der Waals surface area contributed by atoms with Crippen LogP contribution >= 0.6 is 0 Å². The van der Waals surface area contributed by atoms with Gasteiger partial charge in [-0.3, -0.25) is 43.6 Å². The number of carbonyl (C=O) groups is 7. The average Bonchev–Trinajstić information content (AvgIpc) is 1.62. The van der Waals surface area contributed by atoms with E-state index in [1.165, 1.54) is 9.80 Å². The van der Waals surface area contributed by atoms with E-state index in [1.807, 2.05) is 25.1 Å². The van der Waals surface area contributed by atoms with Crippen LogP contribution < -0.4 is 35.5 Å². The highest BCUT2D eigenvalue weighted by molar-refractivity contribution is 6.00. The van der Waals surface area contributed by atoms with E-state index < -0.39 is 60.8 Å². The lowest BCUT2D eigenvalue weighted by Gasteiger charge is -2.34. The summed E-state index contributed by atoms with van der Waals surface area (Å²) in [6.07, 6.45) is 4.38. The molecule has 4 aromatic carbocycles. The molecule has 6 amide bonds. The number of rotatable bonds is 21. The van der Waals surface area contributed by atoms with Crippen molar-refractivity contribution < 1.29 is 71.5 Å². The van der Waals surface area contributed by atoms with Crippen LogP contribution in [0.15, 0.2) is 116 Å². The summed E-state index contributed by atoms with van der Waals surface area (Å²) in [6, 6.07) is 35.8. The van der Waals surface area contributed by atoms with Crippen LogP contribution in [0, 0.1) is 70.5 Å². The summed E-state index contributed by atoms with van der Waals surface area (Å²) in [5.74, 6) is -2.27. The lowest BCUT2D eigenvalue weighted by Crippen LogP contribution is -2.50. The van der Waals surface area contributed by atoms with E-state index in [2.05, 4.69) is 64.6 Å². The topological polar surface area (TPSA) is 390 Å². The van der Waals surface area contributed by atoms with E-state index in [0.717, 1.165) is 48.8 Å². The Kier molecular flexibility index (Phi) is 23.9. The Morgan fingerprint density at radius 2 is 1.16 bits per heavy atom. The molecular weight excluding hydrogens is 1340 g/mol. The third-order valence-corrected chi connectivity index (χ3v) is 18.4. The van der Waals surface area contributed by atoms with Crippen molar-refractivity contribution in [2.24, 2.45) is 29.6 Å². The molecule has 27 nitrogen and oxygen atoms in total. The molecule has 29 heteroatoms. The number of aromatic nitrogens is 5. The van der Waals surface area contributed by atoms with Crippen molar-refractivity contribution in [3.8, 4) is 69.0 Å². The maximum atomic E-state index is 15.0. The highest BCUT2D eigenvalue weighted by Crippen LogP contribution is 2.42. The predicted octanol–water partition coefficient (Wildman–Crippen LogP) is 8.50. The monoisotopic (exact) mass is 1420 g/mol. The first kappa shape index (κ1) is 73.5. The van der Waals surface area contributed by atoms with Gasteiger partial charge in [0.2, 0.25) is 35.4 Å². The number of H-pyrrole nitrogens is 1. The molecule has 3 aromatic heterocycles. The van der Waals surface area contributed by atoms with Crippen molar-refractivity contribution in [1.29, 1.82) is 15.8 Å². The zero-order valence-electron chi connectivity index (χ0n) is 56.9. The fourth-order valence-electron chi connectivity index (χ4n) is 12.2. The number of halogens is 2. The van der Waals surface area contributed by atoms with Crippen LogP contribution in [0.3, 0.4) is 0 Å². The summed E-state index contributed by atoms with van der Waals surface area (Å²) in [5, 5.41) is 64.7. The first-order valence-electron chi connectivity index (χ1n) is 34.3. The quantitative estimate of drug-likeness (QED) is 0.0354. The molecule has 0 spiro atoms. The predicted molar refractivity (Wildman–Crippen MR) is 371 cm³/mol. The summed E-state index contributed by atoms with van der Waals surface area (Å²) in [5.41, 5.74) is 6.35. The summed E-state index contributed by atoms with van der Waals surface area (Å²) in [7, 11) is 0. The third-order valence-electron chi connectivity index (χ3n) is 18.4. The number of pyridine rings is 2. The number of nitrogens with zero attached hydrogens (tertiary/aromatic N) is 9. The van der Waals surface area contributed by atoms with E-state index >= 15 is 0 Å². The Morgan fingerprint density at radius 1 is 0.615 bits per heavy atom. The van der Waals surface area contributed by atoms with E-state index in [-0.39, 0.29) is 115 Å². The number of hydrogen-bond donors (Lipinski definition) is 7. The SMILES string of the molecule is CCCNC(=O)[C@@H]1C[C@H]1C(=O)Nc1cc(-c2ccc(OC3CCOCC3)c(C#N)c2)ccn1.Cc1nc(C(=O)N2CC[C@H](Oc3ccc(-c4cc(NC(=O)C5CC5)ccn4)cc3C#N)[C@H](F)C2)n[nH]1.N#Cc1cc(-c2cccc(NC(=O)[C@@H]3C[C@@H]3C(=O)O)c2)ccc1O[C@H]1CCN(C(=O)CO)C[C@H]1F. The van der Waals surface area contributed by atoms with Crippen LogP contribution in [-0.4, -0.2) is 170 Å². The molecule has 104 heavy (non-hydrogen) atoms. The zero-order valence-corrected chi connectivity index (χ0v) is 56.9. The van der Waals surface area contributed by atoms with Crippen molar-refractivity contribution in [1.82, 2.24) is 40.3 Å². The van der Waals surface area contributed by atoms with Crippen LogP contribution in [0.2, 0.25) is 0 Å². The van der Waals surface area contributed by atoms with Crippen molar-refractivity contribution in [2.45, 2.75) is 102 Å². The Morgan fingerprint density at radius 3 is 1.76 bits per heavy atom. The van der Waals surface area contributed by atoms with Crippen molar-refractivity contribution >= 4 is 58.6 Å². The van der Waals surface area contributed by atoms with Gasteiger partial charge >= 0.3 is 5.97 Å². The maximum Gasteiger partial charge on any atom is 0.307 e. The third kappa shape index (κ3) is 18.9. The molecule has 6 aliphatic rings. The fraction of sp³-hybridized carbons (Fsp3) is 0.387. The molecule has 3 aliphatic heterocycles. The Balaban J connectivity index is 0.000000156. The number of likely N-dealkylation sites (tertiary alicyclic amines) is 2. The number of nitrogens with one attached hydrogen (secondary N) is 5. The molecular formula is C75H76F2N14O13. The number of hydrogen-bond acceptors (Lipinski definition) is 19. The second kappa shape index (κ2) is 33.8. The second-order valence-corrected chi connectivity index (χ2v) is 26.0. The van der Waals surface area contributed by atoms with Gasteiger partial charge in [-0.2, -0.15) is 15.8 Å². The summed E-state index contributed by atoms with van der Waals surface area (Å²) < 4.78 is 52.6. The van der Waals surface area contributed by atoms with Gasteiger partial charge < -0.3 is 60.2 Å². The summed E-state index contributed by atoms with van der Waals surface area (Å²) in [4.78, 5) is 99.2. The average molecular weight is 1420 g/mol. The molecule has 3 aliphatic carbocycles. The van der Waals surface area contributed by atoms with Gasteiger partial charge in [0.1, 0.15) is 72.0 Å². The molecule has 0 radical (unpaired) electrons. The summed E-state index contributed by atoms with van der Waals surface area (Å²) in [6.45, 7) is 5.14. The Labute approximate surface area is 596 Å². The number of aromatic amines is 1. The first-order chi connectivity index (χ1) is 50.3. The number of aryl methyl sites for hydroxylation is 1. The van der Waals surface area contributed by atoms with E-state index in [0.29, 0.717) is 83.8 Å². The molecule has 7 N–H and O–H groups in total. The molecule has 3 saturated carbocycles. The van der Waals surface area contributed by atoms with Crippen LogP contribution in [0.1, 0.15) is 97.8 Å². The molecule has 0 bridgehead atoms. The number of alkyl halides is 2. The molecule has 538 valence electrons. The molecule has 0 unspecified atom stereocenters. The normalized spacial score (nSPS) is 20.8. The lowest BCUT2D eigenvalue weighted by atomic mass is 10.0. The molecule has 3 saturated heterocycles. The highest BCUT2D eigenvalue weighted by Gasteiger charge is 2.49. The van der Waals surface area contributed by atoms with E-state index in [9.17, 15) is 58.1 Å². The highest BCUT2D eigenvalue weighted by atomic mass is 19.1. The van der Waals surface area contributed by atoms with Gasteiger partial charge in [0, 0.05) is 80.6 Å². The number of carboxylic acids is 1. The largest absolute Gasteiger partial charge is 0.489 e. The number of amides is 6. The van der Waals surface area contributed by atoms with Crippen molar-refractivity contribution in [2.75, 3.05) is 68.5 Å². The Bertz CT molecular complexity index is 4490. The molecule has 6 heterocycles. The van der Waals surface area contributed by atoms with Gasteiger partial charge in [-0.25, -0.2) is 18.7 Å². The van der Waals surface area contributed by atoms with E-state index in [1.54, 1.807) is 104 Å². The van der Waals surface area contributed by atoms with Gasteiger partial charge in [-0.05, 0) is 140 Å². The number of aliphatic carboxylic acids is 1. The second-order valence-electron chi connectivity index (χ2n) is 26.0. The molecule has 13 rings (SSSR count). The van der Waals surface area contributed by atoms with Crippen LogP contribution in [-0.2, 0) is 33.5 Å². The standard InChI is InChI=1S/C25H24FN7O3.C25H24FN3O6.C25H28N4O4/c1-14-29-23(32-31-14)25(35)33-9-7-22(19(26)13-33)36-21-5-4-16(10-17(21)12-27)20-11-18(6-8-28-20)30-24(34)15-2-3-15;26-20-12-29(23(31)13-30)7-6-22(20)35-21-5-4-15(8-16(21)11-27)14-2-1-3-17(9-14)28-24(32)18-10-19(18)25(33)34;1-2-8-28-24(30)20-14-21(20)25(31)29-23-13-17(5-9-27-23)16-3-4-22(18(12-16)15-26)33-19-6-10-32-11-7-19/h4-6,8,10-11,15,19,22H,2-3,7,9,13H2,1H3,(H,28,30,34)(H,29,31,32);1-5,8-9,18-20,22,30H,6-7,10,12-13H2,(H,28,32)(H,33,34);3-5,9,12-13,19-21H,2,6-8,10-11,14H2,1H3,(H,28,30)(H,27,29,31)/t19-,22+;18-,19+,20-,22+;20-,21-/m111/s1. The maximum absolute atomic E-state index is 15.0. The minimum Gasteiger partial charge on any atom is -0.489 e. The number of anilines is 3. The smallest absolute Gasteiger partial charge is 0.307 e. The number of aliphatic hydroxyl groups is 1. The van der Waals surface area contributed by atoms with Gasteiger partial charge in [-0.1, -0.05) is 31.2 Å². The number of carboxylic acid groups (broad SMARTS) is 1. The number of aliphatic hydroxyl groups excluding tert-OH is 1. The minimum atomic E-state index is -1.46. The van der Waals surface area contributed by atoms with E-state index in [4.69, 9.17) is 29.2 Å². The number of piperidine rings is 2. The van der Waals surface area contributed by atoms with Crippen molar-refractivity contribution in [3.05, 3.63) is 144 Å². The first-order valence-corrected chi connectivity index (χ1v) is 34.3. The molecule has 6 fully saturated rings. The molecule has 8 atom stereocenters. The number of nitriles is 3. The summed E-state index contributed by atoms with van der Waals surface area (Å²) >= 11 is 0. The van der Waals surface area contributed by atoms with Crippen molar-refractivity contribution in [3.63, 3.8) is 0 Å². The molecule has 7 aromatic rings. The minimum absolute atomic E-state index is 0.00197. The number of ether oxygens (including phenoxy) is 4. The number of benzene rings is 4. The van der Waals surface area contributed by atoms with Gasteiger partial charge in [-0.15, -0.1) is 5.10 Å². The van der Waals surface area contributed by atoms with Crippen LogP contribution in [0.5, 0.6) is 17.2 Å². The number of carbonyl (C=O) groups excluding carboxylic acids is 6. The van der Waals surface area contributed by atoms with Gasteiger partial charge in [0.15, 0.2) is 12.3 Å². The lowest BCUT2D eigenvalue weighted by molar-refractivity contribution is -0.140. The zero-order chi connectivity index (χ0) is 73.6. The van der Waals surface area contributed by atoms with Gasteiger partial charge in [0.25, 0.3) is 5.91 Å². The fourth-order valence-corrected chi connectivity index (χ4v) is 12.2. The van der Waals surface area contributed by atoms with Crippen LogP contribution in [0.4, 0.5) is 26.0 Å².